The van der Waals surface area contributed by atoms with Gasteiger partial charge in [0.05, 0.1) is 0 Å². The molecule has 0 spiro atoms. The molecule has 1 saturated heterocycles. The fourth-order valence-electron chi connectivity index (χ4n) is 3.29. The summed E-state index contributed by atoms with van der Waals surface area (Å²) < 4.78 is 0. The Hall–Kier alpha value is -0.860. The van der Waals surface area contributed by atoms with Gasteiger partial charge in [-0.25, -0.2) is 0 Å². The Kier molecular flexibility index (Phi) is 5.62. The third-order valence-electron chi connectivity index (χ3n) is 5.08. The Labute approximate surface area is 124 Å². The lowest BCUT2D eigenvalue weighted by Gasteiger charge is -2.45. The minimum Gasteiger partial charge on any atom is -0.309 e. The summed E-state index contributed by atoms with van der Waals surface area (Å²) in [6.45, 7) is 10.6. The first-order chi connectivity index (χ1) is 9.69. The van der Waals surface area contributed by atoms with Gasteiger partial charge in [-0.05, 0) is 38.2 Å². The lowest BCUT2D eigenvalue weighted by molar-refractivity contribution is 0.0887. The van der Waals surface area contributed by atoms with Gasteiger partial charge in [0.1, 0.15) is 0 Å². The van der Waals surface area contributed by atoms with Crippen LogP contribution in [0.25, 0.3) is 0 Å². The van der Waals surface area contributed by atoms with Crippen molar-refractivity contribution in [3.8, 4) is 0 Å². The van der Waals surface area contributed by atoms with Crippen molar-refractivity contribution in [3.05, 3.63) is 35.9 Å². The molecule has 2 heteroatoms. The first-order valence-corrected chi connectivity index (χ1v) is 8.22. The zero-order valence-electron chi connectivity index (χ0n) is 13.4. The lowest BCUT2D eigenvalue weighted by Crippen LogP contribution is -2.61. The predicted molar refractivity (Wildman–Crippen MR) is 87.1 cm³/mol. The zero-order chi connectivity index (χ0) is 14.4. The van der Waals surface area contributed by atoms with Crippen molar-refractivity contribution >= 4 is 0 Å². The maximum Gasteiger partial charge on any atom is 0.0304 e. The van der Waals surface area contributed by atoms with Crippen LogP contribution in [0.4, 0.5) is 0 Å². The van der Waals surface area contributed by atoms with Crippen LogP contribution >= 0.6 is 0 Å². The molecule has 0 aromatic heterocycles. The van der Waals surface area contributed by atoms with Gasteiger partial charge in [0.15, 0.2) is 0 Å². The van der Waals surface area contributed by atoms with Crippen molar-refractivity contribution in [3.63, 3.8) is 0 Å². The molecule has 2 nitrogen and oxygen atoms in total. The molecule has 0 saturated carbocycles. The maximum atomic E-state index is 3.75. The van der Waals surface area contributed by atoms with E-state index >= 15 is 0 Å². The molecule has 1 aliphatic heterocycles. The zero-order valence-corrected chi connectivity index (χ0v) is 13.4. The van der Waals surface area contributed by atoms with E-state index < -0.39 is 0 Å². The van der Waals surface area contributed by atoms with Crippen LogP contribution in [0.2, 0.25) is 0 Å². The van der Waals surface area contributed by atoms with Gasteiger partial charge in [-0.3, -0.25) is 4.90 Å². The summed E-state index contributed by atoms with van der Waals surface area (Å²) in [4.78, 5) is 2.69. The maximum absolute atomic E-state index is 3.75. The van der Waals surface area contributed by atoms with Gasteiger partial charge in [0.25, 0.3) is 0 Å². The summed E-state index contributed by atoms with van der Waals surface area (Å²) in [5, 5.41) is 3.75. The van der Waals surface area contributed by atoms with Gasteiger partial charge < -0.3 is 5.32 Å². The van der Waals surface area contributed by atoms with Gasteiger partial charge >= 0.3 is 0 Å². The van der Waals surface area contributed by atoms with E-state index in [4.69, 9.17) is 0 Å². The molecular formula is C18H30N2. The highest BCUT2D eigenvalue weighted by molar-refractivity contribution is 5.14. The first-order valence-electron chi connectivity index (χ1n) is 8.22. The van der Waals surface area contributed by atoms with E-state index in [1.165, 1.54) is 44.3 Å². The molecule has 0 bridgehead atoms. The van der Waals surface area contributed by atoms with Crippen molar-refractivity contribution in [2.75, 3.05) is 19.6 Å². The quantitative estimate of drug-likeness (QED) is 0.854. The number of aryl methyl sites for hydroxylation is 1. The molecule has 0 aliphatic carbocycles. The molecule has 1 unspecified atom stereocenters. The Balaban J connectivity index is 1.87. The Morgan fingerprint density at radius 3 is 2.55 bits per heavy atom. The van der Waals surface area contributed by atoms with Gasteiger partial charge in [0, 0.05) is 31.2 Å². The predicted octanol–water partition coefficient (Wildman–Crippen LogP) is 3.47. The summed E-state index contributed by atoms with van der Waals surface area (Å²) >= 11 is 0. The van der Waals surface area contributed by atoms with Crippen LogP contribution in [0, 0.1) is 0 Å². The van der Waals surface area contributed by atoms with Crippen LogP contribution in [-0.4, -0.2) is 36.1 Å². The fourth-order valence-corrected chi connectivity index (χ4v) is 3.29. The second-order valence-electron chi connectivity index (χ2n) is 6.26. The highest BCUT2D eigenvalue weighted by Crippen LogP contribution is 2.22. The monoisotopic (exact) mass is 274 g/mol. The Morgan fingerprint density at radius 1 is 1.20 bits per heavy atom. The van der Waals surface area contributed by atoms with Crippen molar-refractivity contribution in [2.24, 2.45) is 0 Å². The number of hydrogen-bond acceptors (Lipinski definition) is 2. The minimum absolute atomic E-state index is 0.346. The van der Waals surface area contributed by atoms with E-state index in [2.05, 4.69) is 61.3 Å². The highest BCUT2D eigenvalue weighted by atomic mass is 15.2. The van der Waals surface area contributed by atoms with Crippen LogP contribution in [0.15, 0.2) is 30.3 Å². The number of hydrogen-bond donors (Lipinski definition) is 1. The number of nitrogens with zero attached hydrogens (tertiary/aromatic N) is 1. The average molecular weight is 274 g/mol. The smallest absolute Gasteiger partial charge is 0.0304 e. The fraction of sp³-hybridized carbons (Fsp3) is 0.667. The topological polar surface area (TPSA) is 15.3 Å². The van der Waals surface area contributed by atoms with Crippen LogP contribution in [0.1, 0.15) is 45.6 Å². The second kappa shape index (κ2) is 7.24. The van der Waals surface area contributed by atoms with E-state index in [1.54, 1.807) is 0 Å². The molecule has 0 amide bonds. The standard InChI is InChI=1S/C18H30N2/c1-4-18(5-2)15-20(14-13-19-18)16(3)11-12-17-9-7-6-8-10-17/h6-10,16,19H,4-5,11-15H2,1-3H3. The van der Waals surface area contributed by atoms with Gasteiger partial charge in [-0.15, -0.1) is 0 Å². The summed E-state index contributed by atoms with van der Waals surface area (Å²) in [5.74, 6) is 0. The molecule has 112 valence electrons. The molecule has 20 heavy (non-hydrogen) atoms. The van der Waals surface area contributed by atoms with E-state index in [-0.39, 0.29) is 0 Å². The lowest BCUT2D eigenvalue weighted by atomic mass is 9.89. The Morgan fingerprint density at radius 2 is 1.90 bits per heavy atom. The van der Waals surface area contributed by atoms with Crippen molar-refractivity contribution in [2.45, 2.75) is 58.0 Å². The molecule has 1 aromatic rings. The largest absolute Gasteiger partial charge is 0.309 e. The number of piperazine rings is 1. The number of rotatable bonds is 6. The van der Waals surface area contributed by atoms with Crippen molar-refractivity contribution in [1.29, 1.82) is 0 Å². The van der Waals surface area contributed by atoms with Crippen molar-refractivity contribution in [1.82, 2.24) is 10.2 Å². The molecule has 1 N–H and O–H groups in total. The van der Waals surface area contributed by atoms with E-state index in [0.29, 0.717) is 11.6 Å². The third kappa shape index (κ3) is 3.83. The van der Waals surface area contributed by atoms with Gasteiger partial charge in [-0.2, -0.15) is 0 Å². The normalized spacial score (nSPS) is 20.8. The van der Waals surface area contributed by atoms with Crippen LogP contribution < -0.4 is 5.32 Å². The summed E-state index contributed by atoms with van der Waals surface area (Å²) in [7, 11) is 0. The summed E-state index contributed by atoms with van der Waals surface area (Å²) in [6.07, 6.45) is 4.90. The third-order valence-corrected chi connectivity index (χ3v) is 5.08. The number of nitrogens with one attached hydrogen (secondary N) is 1. The molecule has 2 rings (SSSR count). The SMILES string of the molecule is CCC1(CC)CN(C(C)CCc2ccccc2)CCN1. The van der Waals surface area contributed by atoms with Gasteiger partial charge in [-0.1, -0.05) is 44.2 Å². The highest BCUT2D eigenvalue weighted by Gasteiger charge is 2.33. The van der Waals surface area contributed by atoms with Crippen molar-refractivity contribution < 1.29 is 0 Å². The molecule has 0 radical (unpaired) electrons. The van der Waals surface area contributed by atoms with Crippen LogP contribution in [-0.2, 0) is 6.42 Å². The molecule has 1 heterocycles. The van der Waals surface area contributed by atoms with Gasteiger partial charge in [0.2, 0.25) is 0 Å². The molecule has 1 aromatic carbocycles. The second-order valence-corrected chi connectivity index (χ2v) is 6.26. The van der Waals surface area contributed by atoms with Crippen LogP contribution in [0.3, 0.4) is 0 Å². The number of benzene rings is 1. The van der Waals surface area contributed by atoms with Crippen LogP contribution in [0.5, 0.6) is 0 Å². The molecule has 1 atom stereocenters. The Bertz CT molecular complexity index is 384. The summed E-state index contributed by atoms with van der Waals surface area (Å²) in [5.41, 5.74) is 1.81. The summed E-state index contributed by atoms with van der Waals surface area (Å²) in [6, 6.07) is 11.5. The molecular weight excluding hydrogens is 244 g/mol. The van der Waals surface area contributed by atoms with E-state index in [0.717, 1.165) is 6.54 Å². The molecule has 1 aliphatic rings. The van der Waals surface area contributed by atoms with E-state index in [9.17, 15) is 0 Å². The van der Waals surface area contributed by atoms with E-state index in [1.807, 2.05) is 0 Å². The minimum atomic E-state index is 0.346. The molecule has 1 fully saturated rings. The first kappa shape index (κ1) is 15.5. The average Bonchev–Trinajstić information content (AvgIpc) is 2.53.